The summed E-state index contributed by atoms with van der Waals surface area (Å²) in [6.07, 6.45) is 2.67. The molecule has 4 heteroatoms. The minimum atomic E-state index is -0.348. The van der Waals surface area contributed by atoms with Gasteiger partial charge in [0, 0.05) is 18.8 Å². The van der Waals surface area contributed by atoms with Gasteiger partial charge in [-0.15, -0.1) is 0 Å². The third-order valence-corrected chi connectivity index (χ3v) is 3.00. The molecule has 1 unspecified atom stereocenters. The summed E-state index contributed by atoms with van der Waals surface area (Å²) in [5, 5.41) is 0. The van der Waals surface area contributed by atoms with Gasteiger partial charge in [0.15, 0.2) is 0 Å². The number of pyridine rings is 1. The van der Waals surface area contributed by atoms with E-state index in [1.54, 1.807) is 12.3 Å². The van der Waals surface area contributed by atoms with E-state index in [-0.39, 0.29) is 5.97 Å². The van der Waals surface area contributed by atoms with Crippen LogP contribution in [0.4, 0.5) is 0 Å². The molecule has 0 aliphatic rings. The summed E-state index contributed by atoms with van der Waals surface area (Å²) in [5.74, 6) is -0.348. The predicted octanol–water partition coefficient (Wildman–Crippen LogP) is 2.10. The van der Waals surface area contributed by atoms with Crippen molar-refractivity contribution in [2.45, 2.75) is 32.9 Å². The van der Waals surface area contributed by atoms with Gasteiger partial charge in [0.05, 0.1) is 18.4 Å². The first-order valence-corrected chi connectivity index (χ1v) is 5.82. The lowest BCUT2D eigenvalue weighted by Crippen LogP contribution is -2.28. The van der Waals surface area contributed by atoms with Crippen molar-refractivity contribution in [3.63, 3.8) is 0 Å². The van der Waals surface area contributed by atoms with E-state index in [2.05, 4.69) is 35.5 Å². The zero-order valence-electron chi connectivity index (χ0n) is 10.9. The first-order valence-electron chi connectivity index (χ1n) is 5.82. The third-order valence-electron chi connectivity index (χ3n) is 3.00. The minimum absolute atomic E-state index is 0.348. The van der Waals surface area contributed by atoms with Crippen molar-refractivity contribution >= 4 is 5.97 Å². The number of esters is 1. The van der Waals surface area contributed by atoms with E-state index in [1.807, 2.05) is 6.07 Å². The molecule has 17 heavy (non-hydrogen) atoms. The summed E-state index contributed by atoms with van der Waals surface area (Å²) >= 11 is 0. The Labute approximate surface area is 103 Å². The van der Waals surface area contributed by atoms with Crippen LogP contribution >= 0.6 is 0 Å². The van der Waals surface area contributed by atoms with E-state index in [4.69, 9.17) is 0 Å². The molecule has 4 nitrogen and oxygen atoms in total. The Balaban J connectivity index is 2.65. The van der Waals surface area contributed by atoms with Crippen molar-refractivity contribution in [2.24, 2.45) is 0 Å². The second-order valence-corrected chi connectivity index (χ2v) is 4.20. The highest BCUT2D eigenvalue weighted by molar-refractivity contribution is 5.88. The number of carbonyl (C=O) groups is 1. The molecule has 0 fully saturated rings. The normalized spacial score (nSPS) is 12.5. The number of hydrogen-bond donors (Lipinski definition) is 0. The highest BCUT2D eigenvalue weighted by Gasteiger charge is 2.09. The van der Waals surface area contributed by atoms with Crippen molar-refractivity contribution in [3.8, 4) is 0 Å². The van der Waals surface area contributed by atoms with Gasteiger partial charge in [-0.1, -0.05) is 6.92 Å². The monoisotopic (exact) mass is 236 g/mol. The van der Waals surface area contributed by atoms with E-state index in [9.17, 15) is 4.79 Å². The van der Waals surface area contributed by atoms with Gasteiger partial charge >= 0.3 is 5.97 Å². The van der Waals surface area contributed by atoms with Gasteiger partial charge in [0.25, 0.3) is 0 Å². The van der Waals surface area contributed by atoms with Crippen LogP contribution in [-0.4, -0.2) is 36.1 Å². The molecule has 0 aliphatic carbocycles. The Morgan fingerprint density at radius 2 is 2.24 bits per heavy atom. The summed E-state index contributed by atoms with van der Waals surface area (Å²) in [5.41, 5.74) is 1.45. The fourth-order valence-corrected chi connectivity index (χ4v) is 1.48. The Kier molecular flexibility index (Phi) is 5.10. The molecular formula is C13H20N2O2. The van der Waals surface area contributed by atoms with Crippen molar-refractivity contribution in [1.82, 2.24) is 9.88 Å². The van der Waals surface area contributed by atoms with Crippen LogP contribution in [0.1, 0.15) is 36.3 Å². The van der Waals surface area contributed by atoms with Gasteiger partial charge in [-0.3, -0.25) is 9.88 Å². The van der Waals surface area contributed by atoms with Crippen LogP contribution in [0.25, 0.3) is 0 Å². The summed E-state index contributed by atoms with van der Waals surface area (Å²) < 4.78 is 4.62. The molecule has 0 bridgehead atoms. The number of methoxy groups -OCH3 is 1. The first-order chi connectivity index (χ1) is 8.08. The van der Waals surface area contributed by atoms with Crippen molar-refractivity contribution in [1.29, 1.82) is 0 Å². The maximum Gasteiger partial charge on any atom is 0.339 e. The zero-order valence-corrected chi connectivity index (χ0v) is 10.9. The quantitative estimate of drug-likeness (QED) is 0.734. The van der Waals surface area contributed by atoms with Gasteiger partial charge in [-0.25, -0.2) is 4.79 Å². The first kappa shape index (κ1) is 13.6. The molecule has 0 aliphatic heterocycles. The standard InChI is InChI=1S/C13H20N2O2/c1-5-10(2)15(3)9-12-7-6-11(8-14-12)13(16)17-4/h6-8,10H,5,9H2,1-4H3. The van der Waals surface area contributed by atoms with Crippen LogP contribution in [0, 0.1) is 0 Å². The van der Waals surface area contributed by atoms with E-state index >= 15 is 0 Å². The molecule has 1 atom stereocenters. The van der Waals surface area contributed by atoms with Gasteiger partial charge in [-0.05, 0) is 32.5 Å². The van der Waals surface area contributed by atoms with E-state index in [0.29, 0.717) is 11.6 Å². The molecule has 1 heterocycles. The summed E-state index contributed by atoms with van der Waals surface area (Å²) in [6, 6.07) is 4.14. The van der Waals surface area contributed by atoms with Crippen LogP contribution in [0.15, 0.2) is 18.3 Å². The summed E-state index contributed by atoms with van der Waals surface area (Å²) in [4.78, 5) is 17.7. The SMILES string of the molecule is CCC(C)N(C)Cc1ccc(C(=O)OC)cn1. The average molecular weight is 236 g/mol. The highest BCUT2D eigenvalue weighted by atomic mass is 16.5. The summed E-state index contributed by atoms with van der Waals surface area (Å²) in [6.45, 7) is 5.13. The molecule has 1 rings (SSSR count). The number of ether oxygens (including phenoxy) is 1. The summed E-state index contributed by atoms with van der Waals surface area (Å²) in [7, 11) is 3.44. The van der Waals surface area contributed by atoms with Crippen LogP contribution < -0.4 is 0 Å². The highest BCUT2D eigenvalue weighted by Crippen LogP contribution is 2.07. The molecule has 0 aromatic carbocycles. The lowest BCUT2D eigenvalue weighted by atomic mass is 10.2. The molecule has 0 spiro atoms. The Bertz CT molecular complexity index is 362. The second-order valence-electron chi connectivity index (χ2n) is 4.20. The number of nitrogens with zero attached hydrogens (tertiary/aromatic N) is 2. The molecule has 0 saturated carbocycles. The molecule has 1 aromatic rings. The number of carbonyl (C=O) groups excluding carboxylic acids is 1. The Morgan fingerprint density at radius 1 is 1.53 bits per heavy atom. The van der Waals surface area contributed by atoms with Crippen molar-refractivity contribution < 1.29 is 9.53 Å². The topological polar surface area (TPSA) is 42.4 Å². The van der Waals surface area contributed by atoms with Crippen LogP contribution in [0.5, 0.6) is 0 Å². The largest absolute Gasteiger partial charge is 0.465 e. The fraction of sp³-hybridized carbons (Fsp3) is 0.538. The number of rotatable bonds is 5. The van der Waals surface area contributed by atoms with E-state index in [1.165, 1.54) is 7.11 Å². The van der Waals surface area contributed by atoms with Crippen LogP contribution in [-0.2, 0) is 11.3 Å². The Hall–Kier alpha value is -1.42. The smallest absolute Gasteiger partial charge is 0.339 e. The molecule has 0 radical (unpaired) electrons. The van der Waals surface area contributed by atoms with Crippen molar-refractivity contribution in [3.05, 3.63) is 29.6 Å². The predicted molar refractivity (Wildman–Crippen MR) is 66.8 cm³/mol. The molecular weight excluding hydrogens is 216 g/mol. The van der Waals surface area contributed by atoms with Crippen LogP contribution in [0.2, 0.25) is 0 Å². The maximum atomic E-state index is 11.2. The molecule has 0 saturated heterocycles. The van der Waals surface area contributed by atoms with Crippen molar-refractivity contribution in [2.75, 3.05) is 14.2 Å². The van der Waals surface area contributed by atoms with Gasteiger partial charge in [0.1, 0.15) is 0 Å². The van der Waals surface area contributed by atoms with E-state index < -0.39 is 0 Å². The fourth-order valence-electron chi connectivity index (χ4n) is 1.48. The lowest BCUT2D eigenvalue weighted by Gasteiger charge is -2.22. The number of aromatic nitrogens is 1. The lowest BCUT2D eigenvalue weighted by molar-refractivity contribution is 0.0600. The van der Waals surface area contributed by atoms with Gasteiger partial charge in [-0.2, -0.15) is 0 Å². The number of hydrogen-bond acceptors (Lipinski definition) is 4. The average Bonchev–Trinajstić information content (AvgIpc) is 2.37. The minimum Gasteiger partial charge on any atom is -0.465 e. The molecule has 1 aromatic heterocycles. The molecule has 0 amide bonds. The Morgan fingerprint density at radius 3 is 2.71 bits per heavy atom. The van der Waals surface area contributed by atoms with Gasteiger partial charge < -0.3 is 4.74 Å². The molecule has 94 valence electrons. The maximum absolute atomic E-state index is 11.2. The zero-order chi connectivity index (χ0) is 12.8. The van der Waals surface area contributed by atoms with Gasteiger partial charge in [0.2, 0.25) is 0 Å². The van der Waals surface area contributed by atoms with Crippen LogP contribution in [0.3, 0.4) is 0 Å². The second kappa shape index (κ2) is 6.35. The van der Waals surface area contributed by atoms with E-state index in [0.717, 1.165) is 18.7 Å². The third kappa shape index (κ3) is 3.82. The molecule has 0 N–H and O–H groups in total.